The Kier molecular flexibility index (Phi) is 2.54. The van der Waals surface area contributed by atoms with E-state index in [2.05, 4.69) is 12.0 Å². The summed E-state index contributed by atoms with van der Waals surface area (Å²) in [7, 11) is 0. The second kappa shape index (κ2) is 3.44. The third-order valence-corrected chi connectivity index (χ3v) is 2.05. The summed E-state index contributed by atoms with van der Waals surface area (Å²) in [5.41, 5.74) is 9.65. The van der Waals surface area contributed by atoms with Gasteiger partial charge in [-0.2, -0.15) is 0 Å². The summed E-state index contributed by atoms with van der Waals surface area (Å²) in [6, 6.07) is 0. The molecule has 0 spiro atoms. The summed E-state index contributed by atoms with van der Waals surface area (Å²) in [5, 5.41) is 0. The van der Waals surface area contributed by atoms with E-state index in [9.17, 15) is 0 Å². The van der Waals surface area contributed by atoms with Crippen molar-refractivity contribution in [1.82, 2.24) is 5.43 Å². The van der Waals surface area contributed by atoms with Gasteiger partial charge in [-0.05, 0) is 18.9 Å². The van der Waals surface area contributed by atoms with Crippen molar-refractivity contribution in [1.29, 1.82) is 0 Å². The molecule has 0 aromatic heterocycles. The molecule has 0 radical (unpaired) electrons. The van der Waals surface area contributed by atoms with Gasteiger partial charge in [0.2, 0.25) is 0 Å². The van der Waals surface area contributed by atoms with E-state index in [4.69, 9.17) is 11.6 Å². The first-order valence-electron chi connectivity index (χ1n) is 3.86. The predicted octanol–water partition coefficient (Wildman–Crippen LogP) is 0.606. The molecule has 0 saturated heterocycles. The molecule has 0 aliphatic heterocycles. The highest BCUT2D eigenvalue weighted by molar-refractivity contribution is 5.19. The van der Waals surface area contributed by atoms with Crippen LogP contribution in [0.25, 0.3) is 0 Å². The van der Waals surface area contributed by atoms with Crippen molar-refractivity contribution in [2.45, 2.75) is 19.3 Å². The Hall–Kier alpha value is -0.960. The van der Waals surface area contributed by atoms with Gasteiger partial charge in [-0.25, -0.2) is 0 Å². The van der Waals surface area contributed by atoms with E-state index in [-0.39, 0.29) is 0 Å². The molecule has 1 saturated carbocycles. The van der Waals surface area contributed by atoms with Crippen LogP contribution in [0.4, 0.5) is 0 Å². The Morgan fingerprint density at radius 1 is 1.55 bits per heavy atom. The zero-order chi connectivity index (χ0) is 8.27. The van der Waals surface area contributed by atoms with Crippen LogP contribution >= 0.6 is 0 Å². The van der Waals surface area contributed by atoms with Crippen LogP contribution in [0.15, 0.2) is 24.0 Å². The average Bonchev–Trinajstić information content (AvgIpc) is 1.81. The highest BCUT2D eigenvalue weighted by atomic mass is 15.2. The summed E-state index contributed by atoms with van der Waals surface area (Å²) in [6.07, 6.45) is 5.52. The predicted molar refractivity (Wildman–Crippen MR) is 46.1 cm³/mol. The molecule has 62 valence electrons. The van der Waals surface area contributed by atoms with Crippen molar-refractivity contribution in [2.24, 2.45) is 17.5 Å². The van der Waals surface area contributed by atoms with Gasteiger partial charge in [-0.15, -0.1) is 0 Å². The third-order valence-electron chi connectivity index (χ3n) is 2.05. The van der Waals surface area contributed by atoms with Gasteiger partial charge in [0.15, 0.2) is 0 Å². The molecular weight excluding hydrogens is 138 g/mol. The minimum Gasteiger partial charge on any atom is -0.399 e. The van der Waals surface area contributed by atoms with Crippen LogP contribution in [0.3, 0.4) is 0 Å². The normalized spacial score (nSPS) is 19.2. The van der Waals surface area contributed by atoms with Gasteiger partial charge in [-0.1, -0.05) is 13.0 Å². The van der Waals surface area contributed by atoms with Crippen molar-refractivity contribution in [3.05, 3.63) is 24.0 Å². The molecule has 0 unspecified atom stereocenters. The smallest absolute Gasteiger partial charge is 0.0310 e. The van der Waals surface area contributed by atoms with E-state index >= 15 is 0 Å². The minimum atomic E-state index is 0.560. The molecule has 5 N–H and O–H groups in total. The van der Waals surface area contributed by atoms with Gasteiger partial charge >= 0.3 is 0 Å². The van der Waals surface area contributed by atoms with Crippen LogP contribution in [-0.2, 0) is 0 Å². The lowest BCUT2D eigenvalue weighted by molar-refractivity contribution is 0.350. The van der Waals surface area contributed by atoms with Crippen LogP contribution in [0.1, 0.15) is 19.3 Å². The quantitative estimate of drug-likeness (QED) is 0.316. The van der Waals surface area contributed by atoms with Crippen LogP contribution in [0, 0.1) is 5.92 Å². The number of nitrogens with two attached hydrogens (primary N) is 2. The average molecular weight is 153 g/mol. The first-order valence-corrected chi connectivity index (χ1v) is 3.86. The Morgan fingerprint density at radius 3 is 2.45 bits per heavy atom. The van der Waals surface area contributed by atoms with Gasteiger partial charge in [0.05, 0.1) is 0 Å². The first-order chi connectivity index (χ1) is 5.24. The molecule has 0 aromatic rings. The maximum Gasteiger partial charge on any atom is 0.0310 e. The fraction of sp³-hybridized carbons (Fsp3) is 0.500. The van der Waals surface area contributed by atoms with Gasteiger partial charge in [0.25, 0.3) is 0 Å². The van der Waals surface area contributed by atoms with Crippen LogP contribution in [0.2, 0.25) is 0 Å². The summed E-state index contributed by atoms with van der Waals surface area (Å²) < 4.78 is 0. The van der Waals surface area contributed by atoms with Crippen LogP contribution in [0.5, 0.6) is 0 Å². The number of allylic oxidation sites excluding steroid dienone is 2. The monoisotopic (exact) mass is 153 g/mol. The van der Waals surface area contributed by atoms with Crippen molar-refractivity contribution < 1.29 is 0 Å². The molecule has 11 heavy (non-hydrogen) atoms. The molecule has 1 rings (SSSR count). The third kappa shape index (κ3) is 1.98. The minimum absolute atomic E-state index is 0.560. The molecule has 3 heteroatoms. The Morgan fingerprint density at radius 2 is 2.18 bits per heavy atom. The summed E-state index contributed by atoms with van der Waals surface area (Å²) in [6.45, 7) is 3.59. The number of rotatable bonds is 3. The summed E-state index contributed by atoms with van der Waals surface area (Å²) in [4.78, 5) is 0. The zero-order valence-electron chi connectivity index (χ0n) is 6.64. The molecule has 0 heterocycles. The highest BCUT2D eigenvalue weighted by Gasteiger charge is 2.20. The van der Waals surface area contributed by atoms with E-state index in [1.165, 1.54) is 19.3 Å². The topological polar surface area (TPSA) is 64.1 Å². The molecule has 0 atom stereocenters. The number of hydrazine groups is 1. The van der Waals surface area contributed by atoms with Gasteiger partial charge < -0.3 is 11.2 Å². The standard InChI is InChI=1S/C8H15N3/c1-6(9)5-8(11-10)7-3-2-4-7/h5,7,11H,1-4,9-10H2/b8-5-. The zero-order valence-corrected chi connectivity index (χ0v) is 6.64. The lowest BCUT2D eigenvalue weighted by Gasteiger charge is -2.27. The SMILES string of the molecule is C=C(N)/C=C(\NN)C1CCC1. The highest BCUT2D eigenvalue weighted by Crippen LogP contribution is 2.31. The van der Waals surface area contributed by atoms with Crippen molar-refractivity contribution in [3.63, 3.8) is 0 Å². The lowest BCUT2D eigenvalue weighted by atomic mass is 9.82. The van der Waals surface area contributed by atoms with E-state index in [1.807, 2.05) is 6.08 Å². The van der Waals surface area contributed by atoms with Crippen LogP contribution in [-0.4, -0.2) is 0 Å². The molecule has 1 aliphatic carbocycles. The molecule has 3 nitrogen and oxygen atoms in total. The Bertz CT molecular complexity index is 180. The number of hydrogen-bond donors (Lipinski definition) is 3. The van der Waals surface area contributed by atoms with E-state index < -0.39 is 0 Å². The maximum atomic E-state index is 5.42. The second-order valence-corrected chi connectivity index (χ2v) is 2.95. The van der Waals surface area contributed by atoms with Crippen LogP contribution < -0.4 is 17.0 Å². The molecular formula is C8H15N3. The largest absolute Gasteiger partial charge is 0.399 e. The summed E-state index contributed by atoms with van der Waals surface area (Å²) in [5.74, 6) is 5.90. The van der Waals surface area contributed by atoms with E-state index in [0.717, 1.165) is 5.70 Å². The molecule has 0 amide bonds. The van der Waals surface area contributed by atoms with Gasteiger partial charge in [0.1, 0.15) is 0 Å². The number of nitrogens with one attached hydrogen (secondary N) is 1. The van der Waals surface area contributed by atoms with E-state index in [0.29, 0.717) is 11.6 Å². The fourth-order valence-electron chi connectivity index (χ4n) is 1.20. The number of hydrogen-bond acceptors (Lipinski definition) is 3. The van der Waals surface area contributed by atoms with Crippen molar-refractivity contribution in [3.8, 4) is 0 Å². The second-order valence-electron chi connectivity index (χ2n) is 2.95. The van der Waals surface area contributed by atoms with Crippen molar-refractivity contribution in [2.75, 3.05) is 0 Å². The maximum absolute atomic E-state index is 5.42. The Labute approximate surface area is 67.1 Å². The molecule has 0 bridgehead atoms. The molecule has 1 fully saturated rings. The lowest BCUT2D eigenvalue weighted by Crippen LogP contribution is -2.30. The first kappa shape index (κ1) is 8.14. The molecule has 1 aliphatic rings. The van der Waals surface area contributed by atoms with Gasteiger partial charge in [-0.3, -0.25) is 5.84 Å². The van der Waals surface area contributed by atoms with Crippen molar-refractivity contribution >= 4 is 0 Å². The van der Waals surface area contributed by atoms with Gasteiger partial charge in [0, 0.05) is 17.3 Å². The fourth-order valence-corrected chi connectivity index (χ4v) is 1.20. The van der Waals surface area contributed by atoms with E-state index in [1.54, 1.807) is 0 Å². The molecule has 0 aromatic carbocycles. The summed E-state index contributed by atoms with van der Waals surface area (Å²) >= 11 is 0. The Balaban J connectivity index is 2.53.